The highest BCUT2D eigenvalue weighted by Crippen LogP contribution is 2.21. The van der Waals surface area contributed by atoms with E-state index >= 15 is 0 Å². The van der Waals surface area contributed by atoms with Crippen LogP contribution in [0.25, 0.3) is 0 Å². The molecule has 2 aromatic carbocycles. The Labute approximate surface area is 164 Å². The number of amides is 2. The summed E-state index contributed by atoms with van der Waals surface area (Å²) in [5, 5.41) is 5.88. The number of carbonyl (C=O) groups excluding carboxylic acids is 2. The summed E-state index contributed by atoms with van der Waals surface area (Å²) in [6, 6.07) is 13.0. The molecule has 0 spiro atoms. The van der Waals surface area contributed by atoms with Gasteiger partial charge < -0.3 is 16.4 Å². The Morgan fingerprint density at radius 1 is 1.00 bits per heavy atom. The van der Waals surface area contributed by atoms with E-state index in [1.807, 2.05) is 19.1 Å². The van der Waals surface area contributed by atoms with E-state index in [9.17, 15) is 14.0 Å². The maximum absolute atomic E-state index is 13.0. The van der Waals surface area contributed by atoms with Crippen LogP contribution in [0.1, 0.15) is 54.4 Å². The molecule has 148 valence electrons. The van der Waals surface area contributed by atoms with Crippen LogP contribution in [0.15, 0.2) is 48.5 Å². The minimum atomic E-state index is -0.385. The van der Waals surface area contributed by atoms with Gasteiger partial charge in [0.2, 0.25) is 5.91 Å². The third-order valence-electron chi connectivity index (χ3n) is 5.29. The summed E-state index contributed by atoms with van der Waals surface area (Å²) in [5.41, 5.74) is 7.79. The van der Waals surface area contributed by atoms with Gasteiger partial charge in [0.15, 0.2) is 0 Å². The van der Waals surface area contributed by atoms with E-state index in [0.29, 0.717) is 11.3 Å². The molecule has 6 heteroatoms. The first kappa shape index (κ1) is 20.0. The molecule has 0 saturated heterocycles. The highest BCUT2D eigenvalue weighted by atomic mass is 19.1. The first-order chi connectivity index (χ1) is 13.4. The Balaban J connectivity index is 1.56. The number of nitrogens with one attached hydrogen (secondary N) is 2. The molecule has 1 unspecified atom stereocenters. The quantitative estimate of drug-likeness (QED) is 0.738. The van der Waals surface area contributed by atoms with Crippen LogP contribution in [0, 0.1) is 5.82 Å². The summed E-state index contributed by atoms with van der Waals surface area (Å²) in [5.74, 6) is -0.973. The first-order valence-electron chi connectivity index (χ1n) is 9.65. The Morgan fingerprint density at radius 3 is 2.21 bits per heavy atom. The van der Waals surface area contributed by atoms with E-state index in [1.165, 1.54) is 24.3 Å². The molecular formula is C22H26FN3O2. The Kier molecular flexibility index (Phi) is 6.41. The van der Waals surface area contributed by atoms with Crippen molar-refractivity contribution in [1.29, 1.82) is 0 Å². The van der Waals surface area contributed by atoms with Gasteiger partial charge in [-0.3, -0.25) is 9.59 Å². The van der Waals surface area contributed by atoms with Crippen molar-refractivity contribution in [2.45, 2.75) is 50.6 Å². The lowest BCUT2D eigenvalue weighted by Gasteiger charge is -2.28. The Bertz CT molecular complexity index is 813. The van der Waals surface area contributed by atoms with Gasteiger partial charge in [-0.2, -0.15) is 0 Å². The number of hydrogen-bond acceptors (Lipinski definition) is 3. The van der Waals surface area contributed by atoms with Crippen LogP contribution in [-0.2, 0) is 4.79 Å². The monoisotopic (exact) mass is 383 g/mol. The summed E-state index contributed by atoms with van der Waals surface area (Å²) < 4.78 is 13.0. The molecule has 0 aromatic heterocycles. The van der Waals surface area contributed by atoms with Gasteiger partial charge in [0.25, 0.3) is 5.91 Å². The lowest BCUT2D eigenvalue weighted by Crippen LogP contribution is -2.42. The van der Waals surface area contributed by atoms with Crippen LogP contribution in [0.2, 0.25) is 0 Å². The summed E-state index contributed by atoms with van der Waals surface area (Å²) in [4.78, 5) is 24.7. The fraction of sp³-hybridized carbons (Fsp3) is 0.364. The summed E-state index contributed by atoms with van der Waals surface area (Å²) in [6.07, 6.45) is 3.74. The Hall–Kier alpha value is -2.73. The van der Waals surface area contributed by atoms with Crippen molar-refractivity contribution < 1.29 is 14.0 Å². The molecule has 4 N–H and O–H groups in total. The predicted octanol–water partition coefficient (Wildman–Crippen LogP) is 3.57. The molecular weight excluding hydrogens is 357 g/mol. The second kappa shape index (κ2) is 8.97. The SMILES string of the molecule is CC(C(=O)NC1CCC(N)CC1)c1ccc(NC(=O)c2ccc(F)cc2)cc1. The molecule has 1 aliphatic rings. The van der Waals surface area contributed by atoms with Gasteiger partial charge in [-0.15, -0.1) is 0 Å². The molecule has 1 atom stereocenters. The maximum atomic E-state index is 13.0. The molecule has 1 aliphatic carbocycles. The van der Waals surface area contributed by atoms with Crippen LogP contribution < -0.4 is 16.4 Å². The second-order valence-corrected chi connectivity index (χ2v) is 7.43. The van der Waals surface area contributed by atoms with Gasteiger partial charge in [-0.1, -0.05) is 12.1 Å². The van der Waals surface area contributed by atoms with Crippen molar-refractivity contribution in [2.75, 3.05) is 5.32 Å². The van der Waals surface area contributed by atoms with E-state index in [0.717, 1.165) is 31.2 Å². The fourth-order valence-electron chi connectivity index (χ4n) is 3.40. The average molecular weight is 383 g/mol. The van der Waals surface area contributed by atoms with Gasteiger partial charge in [0.05, 0.1) is 5.92 Å². The third kappa shape index (κ3) is 5.16. The number of benzene rings is 2. The van der Waals surface area contributed by atoms with Crippen molar-refractivity contribution in [1.82, 2.24) is 5.32 Å². The molecule has 0 heterocycles. The summed E-state index contributed by atoms with van der Waals surface area (Å²) in [7, 11) is 0. The maximum Gasteiger partial charge on any atom is 0.255 e. The zero-order valence-corrected chi connectivity index (χ0v) is 16.0. The molecule has 0 aliphatic heterocycles. The van der Waals surface area contributed by atoms with Crippen molar-refractivity contribution in [3.05, 3.63) is 65.5 Å². The minimum Gasteiger partial charge on any atom is -0.353 e. The molecule has 28 heavy (non-hydrogen) atoms. The van der Waals surface area contributed by atoms with Crippen LogP contribution in [-0.4, -0.2) is 23.9 Å². The molecule has 0 bridgehead atoms. The largest absolute Gasteiger partial charge is 0.353 e. The molecule has 1 fully saturated rings. The lowest BCUT2D eigenvalue weighted by molar-refractivity contribution is -0.123. The zero-order valence-electron chi connectivity index (χ0n) is 16.0. The van der Waals surface area contributed by atoms with E-state index in [-0.39, 0.29) is 35.6 Å². The molecule has 2 aromatic rings. The number of anilines is 1. The van der Waals surface area contributed by atoms with Crippen molar-refractivity contribution >= 4 is 17.5 Å². The standard InChI is InChI=1S/C22H26FN3O2/c1-14(21(27)25-20-12-8-18(24)9-13-20)15-4-10-19(11-5-15)26-22(28)16-2-6-17(23)7-3-16/h2-7,10-11,14,18,20H,8-9,12-13,24H2,1H3,(H,25,27)(H,26,28). The van der Waals surface area contributed by atoms with Gasteiger partial charge in [0, 0.05) is 23.3 Å². The van der Waals surface area contributed by atoms with E-state index < -0.39 is 0 Å². The topological polar surface area (TPSA) is 84.2 Å². The van der Waals surface area contributed by atoms with Crippen molar-refractivity contribution in [3.63, 3.8) is 0 Å². The highest BCUT2D eigenvalue weighted by molar-refractivity contribution is 6.04. The van der Waals surface area contributed by atoms with Gasteiger partial charge in [-0.25, -0.2) is 4.39 Å². The number of hydrogen-bond donors (Lipinski definition) is 3. The normalized spacial score (nSPS) is 20.2. The van der Waals surface area contributed by atoms with E-state index in [4.69, 9.17) is 5.73 Å². The van der Waals surface area contributed by atoms with E-state index in [1.54, 1.807) is 12.1 Å². The number of halogens is 1. The molecule has 2 amide bonds. The van der Waals surface area contributed by atoms with Crippen LogP contribution >= 0.6 is 0 Å². The van der Waals surface area contributed by atoms with Crippen LogP contribution in [0.4, 0.5) is 10.1 Å². The van der Waals surface area contributed by atoms with Crippen molar-refractivity contribution in [2.24, 2.45) is 5.73 Å². The second-order valence-electron chi connectivity index (χ2n) is 7.43. The number of rotatable bonds is 5. The summed E-state index contributed by atoms with van der Waals surface area (Å²) >= 11 is 0. The van der Waals surface area contributed by atoms with Crippen LogP contribution in [0.5, 0.6) is 0 Å². The van der Waals surface area contributed by atoms with Gasteiger partial charge in [0.1, 0.15) is 5.82 Å². The number of nitrogens with two attached hydrogens (primary N) is 1. The lowest BCUT2D eigenvalue weighted by atomic mass is 9.91. The molecule has 3 rings (SSSR count). The number of carbonyl (C=O) groups is 2. The first-order valence-corrected chi connectivity index (χ1v) is 9.65. The van der Waals surface area contributed by atoms with Crippen molar-refractivity contribution in [3.8, 4) is 0 Å². The fourth-order valence-corrected chi connectivity index (χ4v) is 3.40. The van der Waals surface area contributed by atoms with E-state index in [2.05, 4.69) is 10.6 Å². The third-order valence-corrected chi connectivity index (χ3v) is 5.29. The van der Waals surface area contributed by atoms with Gasteiger partial charge >= 0.3 is 0 Å². The molecule has 5 nitrogen and oxygen atoms in total. The predicted molar refractivity (Wildman–Crippen MR) is 108 cm³/mol. The smallest absolute Gasteiger partial charge is 0.255 e. The summed E-state index contributed by atoms with van der Waals surface area (Å²) in [6.45, 7) is 1.87. The highest BCUT2D eigenvalue weighted by Gasteiger charge is 2.23. The average Bonchev–Trinajstić information content (AvgIpc) is 2.70. The zero-order chi connectivity index (χ0) is 20.1. The minimum absolute atomic E-state index is 0.00330. The van der Waals surface area contributed by atoms with Gasteiger partial charge in [-0.05, 0) is 74.6 Å². The molecule has 1 saturated carbocycles. The Morgan fingerprint density at radius 2 is 1.61 bits per heavy atom. The van der Waals surface area contributed by atoms with Crippen LogP contribution in [0.3, 0.4) is 0 Å². The molecule has 0 radical (unpaired) electrons.